The summed E-state index contributed by atoms with van der Waals surface area (Å²) in [5, 5.41) is 15.2. The second-order valence-corrected chi connectivity index (χ2v) is 7.91. The van der Waals surface area contributed by atoms with E-state index >= 15 is 0 Å². The summed E-state index contributed by atoms with van der Waals surface area (Å²) in [6.45, 7) is 4.14. The number of aliphatic carboxylic acids is 1. The van der Waals surface area contributed by atoms with Gasteiger partial charge >= 0.3 is 5.97 Å². The van der Waals surface area contributed by atoms with E-state index in [0.29, 0.717) is 35.9 Å². The van der Waals surface area contributed by atoms with Crippen LogP contribution in [0.15, 0.2) is 24.3 Å². The van der Waals surface area contributed by atoms with Crippen LogP contribution < -0.4 is 10.6 Å². The number of carboxylic acid groups (broad SMARTS) is 1. The van der Waals surface area contributed by atoms with Crippen molar-refractivity contribution >= 4 is 23.5 Å². The molecule has 0 saturated heterocycles. The van der Waals surface area contributed by atoms with Crippen LogP contribution in [-0.2, 0) is 9.59 Å². The third kappa shape index (κ3) is 3.89. The molecule has 2 aliphatic rings. The topological polar surface area (TPSA) is 95.5 Å². The Morgan fingerprint density at radius 1 is 1.08 bits per heavy atom. The fraction of sp³-hybridized carbons (Fsp3) is 0.550. The standard InChI is InChI=1S/C20H26N2O4/c1-12-7-9-20(10-8-12,19(25)26)22-17(23)14-3-5-15(6-4-14)21-18(24)16-11-13(16)2/h3-6,12-13,16H,7-11H2,1-2H3,(H,21,24)(H,22,23)(H,25,26). The number of hydrogen-bond donors (Lipinski definition) is 3. The van der Waals surface area contributed by atoms with E-state index in [-0.39, 0.29) is 11.8 Å². The number of nitrogens with one attached hydrogen (secondary N) is 2. The largest absolute Gasteiger partial charge is 0.480 e. The molecule has 6 heteroatoms. The average molecular weight is 358 g/mol. The van der Waals surface area contributed by atoms with E-state index < -0.39 is 17.4 Å². The highest BCUT2D eigenvalue weighted by Gasteiger charge is 2.42. The van der Waals surface area contributed by atoms with E-state index in [4.69, 9.17) is 0 Å². The van der Waals surface area contributed by atoms with E-state index in [0.717, 1.165) is 19.3 Å². The number of carbonyl (C=O) groups excluding carboxylic acids is 2. The van der Waals surface area contributed by atoms with Gasteiger partial charge in [-0.25, -0.2) is 4.79 Å². The first kappa shape index (κ1) is 18.4. The van der Waals surface area contributed by atoms with Crippen LogP contribution in [0.5, 0.6) is 0 Å². The normalized spacial score (nSPS) is 30.3. The molecule has 2 saturated carbocycles. The fourth-order valence-corrected chi connectivity index (χ4v) is 3.56. The van der Waals surface area contributed by atoms with Crippen molar-refractivity contribution in [1.82, 2.24) is 5.32 Å². The molecule has 2 fully saturated rings. The van der Waals surface area contributed by atoms with E-state index in [1.807, 2.05) is 6.92 Å². The maximum atomic E-state index is 12.5. The van der Waals surface area contributed by atoms with Gasteiger partial charge in [-0.3, -0.25) is 9.59 Å². The molecule has 2 aliphatic carbocycles. The van der Waals surface area contributed by atoms with Crippen LogP contribution >= 0.6 is 0 Å². The zero-order valence-corrected chi connectivity index (χ0v) is 15.2. The highest BCUT2D eigenvalue weighted by Crippen LogP contribution is 2.38. The molecule has 0 heterocycles. The molecule has 140 valence electrons. The lowest BCUT2D eigenvalue weighted by atomic mass is 9.77. The third-order valence-corrected chi connectivity index (χ3v) is 5.75. The molecular formula is C20H26N2O4. The Bertz CT molecular complexity index is 705. The first-order valence-electron chi connectivity index (χ1n) is 9.27. The van der Waals surface area contributed by atoms with Crippen molar-refractivity contribution in [2.45, 2.75) is 51.5 Å². The summed E-state index contributed by atoms with van der Waals surface area (Å²) < 4.78 is 0. The lowest BCUT2D eigenvalue weighted by molar-refractivity contribution is -0.146. The Hall–Kier alpha value is -2.37. The Morgan fingerprint density at radius 2 is 1.65 bits per heavy atom. The Labute approximate surface area is 153 Å². The number of anilines is 1. The van der Waals surface area contributed by atoms with Gasteiger partial charge in [-0.2, -0.15) is 0 Å². The van der Waals surface area contributed by atoms with Crippen LogP contribution in [0, 0.1) is 17.8 Å². The van der Waals surface area contributed by atoms with Gasteiger partial charge in [-0.05, 0) is 68.2 Å². The van der Waals surface area contributed by atoms with Gasteiger partial charge in [0.05, 0.1) is 0 Å². The highest BCUT2D eigenvalue weighted by molar-refractivity contribution is 5.99. The predicted molar refractivity (Wildman–Crippen MR) is 97.8 cm³/mol. The maximum absolute atomic E-state index is 12.5. The summed E-state index contributed by atoms with van der Waals surface area (Å²) in [6.07, 6.45) is 3.39. The fourth-order valence-electron chi connectivity index (χ4n) is 3.56. The lowest BCUT2D eigenvalue weighted by Gasteiger charge is -2.36. The zero-order valence-electron chi connectivity index (χ0n) is 15.2. The van der Waals surface area contributed by atoms with Gasteiger partial charge in [0.1, 0.15) is 5.54 Å². The number of amides is 2. The molecule has 0 bridgehead atoms. The number of carbonyl (C=O) groups is 3. The third-order valence-electron chi connectivity index (χ3n) is 5.75. The Morgan fingerprint density at radius 3 is 2.15 bits per heavy atom. The SMILES string of the molecule is CC1CCC(NC(=O)c2ccc(NC(=O)C3CC3C)cc2)(C(=O)O)CC1. The molecule has 0 spiro atoms. The lowest BCUT2D eigenvalue weighted by Crippen LogP contribution is -2.56. The van der Waals surface area contributed by atoms with Crippen molar-refractivity contribution in [2.24, 2.45) is 17.8 Å². The summed E-state index contributed by atoms with van der Waals surface area (Å²) in [5.41, 5.74) is -0.148. The van der Waals surface area contributed by atoms with Crippen LogP contribution in [0.3, 0.4) is 0 Å². The Balaban J connectivity index is 1.63. The molecule has 0 radical (unpaired) electrons. The zero-order chi connectivity index (χ0) is 18.9. The Kier molecular flexibility index (Phi) is 5.03. The van der Waals surface area contributed by atoms with Crippen LogP contribution in [0.25, 0.3) is 0 Å². The van der Waals surface area contributed by atoms with Crippen molar-refractivity contribution in [3.05, 3.63) is 29.8 Å². The minimum absolute atomic E-state index is 0.0101. The van der Waals surface area contributed by atoms with Crippen molar-refractivity contribution in [1.29, 1.82) is 0 Å². The average Bonchev–Trinajstić information content (AvgIpc) is 3.34. The molecule has 26 heavy (non-hydrogen) atoms. The van der Waals surface area contributed by atoms with Gasteiger partial charge in [0.25, 0.3) is 5.91 Å². The molecule has 0 aromatic heterocycles. The van der Waals surface area contributed by atoms with E-state index in [1.54, 1.807) is 24.3 Å². The number of rotatable bonds is 5. The van der Waals surface area contributed by atoms with Crippen LogP contribution in [0.1, 0.15) is 56.3 Å². The van der Waals surface area contributed by atoms with E-state index in [1.165, 1.54) is 0 Å². The van der Waals surface area contributed by atoms with Gasteiger partial charge < -0.3 is 15.7 Å². The molecule has 0 aliphatic heterocycles. The maximum Gasteiger partial charge on any atom is 0.329 e. The van der Waals surface area contributed by atoms with Gasteiger partial charge in [0, 0.05) is 17.2 Å². The monoisotopic (exact) mass is 358 g/mol. The molecule has 2 atom stereocenters. The van der Waals surface area contributed by atoms with Crippen LogP contribution in [0.4, 0.5) is 5.69 Å². The molecule has 3 N–H and O–H groups in total. The molecule has 1 aromatic carbocycles. The molecule has 6 nitrogen and oxygen atoms in total. The smallest absolute Gasteiger partial charge is 0.329 e. The van der Waals surface area contributed by atoms with Crippen molar-refractivity contribution < 1.29 is 19.5 Å². The number of hydrogen-bond acceptors (Lipinski definition) is 3. The van der Waals surface area contributed by atoms with E-state index in [9.17, 15) is 19.5 Å². The van der Waals surface area contributed by atoms with Gasteiger partial charge in [0.15, 0.2) is 0 Å². The minimum atomic E-state index is -1.18. The van der Waals surface area contributed by atoms with Crippen molar-refractivity contribution in [3.63, 3.8) is 0 Å². The van der Waals surface area contributed by atoms with Crippen LogP contribution in [-0.4, -0.2) is 28.4 Å². The molecule has 2 amide bonds. The molecular weight excluding hydrogens is 332 g/mol. The number of carboxylic acids is 1. The summed E-state index contributed by atoms with van der Waals surface area (Å²) in [7, 11) is 0. The number of benzene rings is 1. The summed E-state index contributed by atoms with van der Waals surface area (Å²) in [4.78, 5) is 36.3. The summed E-state index contributed by atoms with van der Waals surface area (Å²) in [5.74, 6) is -0.351. The predicted octanol–water partition coefficient (Wildman–Crippen LogP) is 3.04. The van der Waals surface area contributed by atoms with E-state index in [2.05, 4.69) is 17.6 Å². The molecule has 1 aromatic rings. The second-order valence-electron chi connectivity index (χ2n) is 7.91. The van der Waals surface area contributed by atoms with Crippen molar-refractivity contribution in [2.75, 3.05) is 5.32 Å². The van der Waals surface area contributed by atoms with Crippen molar-refractivity contribution in [3.8, 4) is 0 Å². The first-order chi connectivity index (χ1) is 12.3. The molecule has 3 rings (SSSR count). The van der Waals surface area contributed by atoms with Gasteiger partial charge in [0.2, 0.25) is 5.91 Å². The van der Waals surface area contributed by atoms with Gasteiger partial charge in [-0.15, -0.1) is 0 Å². The highest BCUT2D eigenvalue weighted by atomic mass is 16.4. The first-order valence-corrected chi connectivity index (χ1v) is 9.27. The second kappa shape index (κ2) is 7.09. The molecule has 2 unspecified atom stereocenters. The quantitative estimate of drug-likeness (QED) is 0.754. The van der Waals surface area contributed by atoms with Gasteiger partial charge in [-0.1, -0.05) is 13.8 Å². The van der Waals surface area contributed by atoms with Crippen LogP contribution in [0.2, 0.25) is 0 Å². The summed E-state index contributed by atoms with van der Waals surface area (Å²) in [6, 6.07) is 6.58. The summed E-state index contributed by atoms with van der Waals surface area (Å²) >= 11 is 0. The minimum Gasteiger partial charge on any atom is -0.480 e.